The highest BCUT2D eigenvalue weighted by Gasteiger charge is 2.18. The Balaban J connectivity index is 1.67. The van der Waals surface area contributed by atoms with E-state index in [4.69, 9.17) is 4.74 Å². The van der Waals surface area contributed by atoms with Crippen molar-refractivity contribution < 1.29 is 9.53 Å². The molecule has 1 atom stereocenters. The first kappa shape index (κ1) is 15.7. The first-order chi connectivity index (χ1) is 11.7. The largest absolute Gasteiger partial charge is 0.461 e. The Kier molecular flexibility index (Phi) is 4.52. The van der Waals surface area contributed by atoms with Gasteiger partial charge in [-0.1, -0.05) is 30.3 Å². The Morgan fingerprint density at radius 2 is 2.12 bits per heavy atom. The standard InChI is InChI=1S/C18H16N4O2/c1-13-7-8-22-17(21-13)16(11-20-22)18(23)24-12-15(10-19)9-14-5-3-2-4-6-14/h2-8,11,15H,9,12H2,1H3/t15-/m0/s1. The molecule has 24 heavy (non-hydrogen) atoms. The molecule has 0 unspecified atom stereocenters. The van der Waals surface area contributed by atoms with E-state index in [1.165, 1.54) is 10.7 Å². The summed E-state index contributed by atoms with van der Waals surface area (Å²) in [5.74, 6) is -0.913. The predicted molar refractivity (Wildman–Crippen MR) is 87.3 cm³/mol. The van der Waals surface area contributed by atoms with E-state index in [0.29, 0.717) is 17.6 Å². The molecule has 3 aromatic rings. The summed E-state index contributed by atoms with van der Waals surface area (Å²) in [6.07, 6.45) is 3.71. The number of rotatable bonds is 5. The molecule has 0 radical (unpaired) electrons. The number of ether oxygens (including phenoxy) is 1. The zero-order valence-corrected chi connectivity index (χ0v) is 13.2. The van der Waals surface area contributed by atoms with Crippen molar-refractivity contribution in [1.29, 1.82) is 5.26 Å². The van der Waals surface area contributed by atoms with Crippen molar-refractivity contribution in [2.75, 3.05) is 6.61 Å². The van der Waals surface area contributed by atoms with Crippen LogP contribution in [0, 0.1) is 24.2 Å². The van der Waals surface area contributed by atoms with E-state index in [2.05, 4.69) is 16.2 Å². The summed E-state index contributed by atoms with van der Waals surface area (Å²) in [6.45, 7) is 1.88. The molecule has 3 rings (SSSR count). The molecule has 0 aliphatic carbocycles. The number of hydrogen-bond donors (Lipinski definition) is 0. The van der Waals surface area contributed by atoms with Crippen LogP contribution in [0.4, 0.5) is 0 Å². The molecule has 0 bridgehead atoms. The molecular weight excluding hydrogens is 304 g/mol. The molecule has 0 N–H and O–H groups in total. The van der Waals surface area contributed by atoms with E-state index in [1.54, 1.807) is 12.3 Å². The maximum absolute atomic E-state index is 12.3. The fraction of sp³-hybridized carbons (Fsp3) is 0.222. The molecule has 1 aromatic carbocycles. The second-order valence-electron chi connectivity index (χ2n) is 5.51. The maximum Gasteiger partial charge on any atom is 0.343 e. The Labute approximate surface area is 139 Å². The van der Waals surface area contributed by atoms with Crippen LogP contribution in [-0.4, -0.2) is 27.2 Å². The minimum Gasteiger partial charge on any atom is -0.461 e. The van der Waals surface area contributed by atoms with Gasteiger partial charge >= 0.3 is 5.97 Å². The van der Waals surface area contributed by atoms with E-state index in [1.807, 2.05) is 37.3 Å². The van der Waals surface area contributed by atoms with Gasteiger partial charge in [-0.2, -0.15) is 10.4 Å². The number of benzene rings is 1. The smallest absolute Gasteiger partial charge is 0.343 e. The topological polar surface area (TPSA) is 80.3 Å². The van der Waals surface area contributed by atoms with Gasteiger partial charge in [0.15, 0.2) is 5.65 Å². The monoisotopic (exact) mass is 320 g/mol. The highest BCUT2D eigenvalue weighted by atomic mass is 16.5. The van der Waals surface area contributed by atoms with Gasteiger partial charge < -0.3 is 4.74 Å². The quantitative estimate of drug-likeness (QED) is 0.675. The van der Waals surface area contributed by atoms with Crippen LogP contribution in [0.15, 0.2) is 48.8 Å². The summed E-state index contributed by atoms with van der Waals surface area (Å²) in [5.41, 5.74) is 2.58. The lowest BCUT2D eigenvalue weighted by molar-refractivity contribution is 0.0470. The van der Waals surface area contributed by atoms with Crippen molar-refractivity contribution in [2.45, 2.75) is 13.3 Å². The van der Waals surface area contributed by atoms with Crippen LogP contribution in [0.1, 0.15) is 21.6 Å². The normalized spacial score (nSPS) is 11.8. The lowest BCUT2D eigenvalue weighted by Crippen LogP contribution is -2.15. The molecule has 120 valence electrons. The number of aromatic nitrogens is 3. The van der Waals surface area contributed by atoms with Crippen LogP contribution < -0.4 is 0 Å². The first-order valence-electron chi connectivity index (χ1n) is 7.59. The van der Waals surface area contributed by atoms with Gasteiger partial charge in [0.05, 0.1) is 18.2 Å². The third kappa shape index (κ3) is 3.41. The van der Waals surface area contributed by atoms with Crippen LogP contribution in [0.25, 0.3) is 5.65 Å². The lowest BCUT2D eigenvalue weighted by Gasteiger charge is -2.09. The minimum absolute atomic E-state index is 0.0351. The Morgan fingerprint density at radius 1 is 1.33 bits per heavy atom. The summed E-state index contributed by atoms with van der Waals surface area (Å²) in [4.78, 5) is 16.6. The average molecular weight is 320 g/mol. The highest BCUT2D eigenvalue weighted by molar-refractivity contribution is 5.95. The zero-order valence-electron chi connectivity index (χ0n) is 13.2. The lowest BCUT2D eigenvalue weighted by atomic mass is 10.0. The number of hydrogen-bond acceptors (Lipinski definition) is 5. The van der Waals surface area contributed by atoms with E-state index in [0.717, 1.165) is 11.3 Å². The van der Waals surface area contributed by atoms with Crippen molar-refractivity contribution >= 4 is 11.6 Å². The van der Waals surface area contributed by atoms with Crippen LogP contribution in [0.3, 0.4) is 0 Å². The molecule has 2 heterocycles. The SMILES string of the molecule is Cc1ccn2ncc(C(=O)OC[C@H](C#N)Cc3ccccc3)c2n1. The van der Waals surface area contributed by atoms with Crippen molar-refractivity contribution in [1.82, 2.24) is 14.6 Å². The van der Waals surface area contributed by atoms with Crippen molar-refractivity contribution in [2.24, 2.45) is 5.92 Å². The van der Waals surface area contributed by atoms with Crippen molar-refractivity contribution in [3.8, 4) is 6.07 Å². The summed E-state index contributed by atoms with van der Waals surface area (Å²) in [6, 6.07) is 13.6. The van der Waals surface area contributed by atoms with Crippen molar-refractivity contribution in [3.63, 3.8) is 0 Å². The van der Waals surface area contributed by atoms with E-state index in [9.17, 15) is 10.1 Å². The van der Waals surface area contributed by atoms with Crippen LogP contribution in [-0.2, 0) is 11.2 Å². The number of carbonyl (C=O) groups excluding carboxylic acids is 1. The van der Waals surface area contributed by atoms with Crippen LogP contribution >= 0.6 is 0 Å². The van der Waals surface area contributed by atoms with Crippen LogP contribution in [0.2, 0.25) is 0 Å². The van der Waals surface area contributed by atoms with E-state index >= 15 is 0 Å². The predicted octanol–water partition coefficient (Wildman–Crippen LogP) is 2.58. The Morgan fingerprint density at radius 3 is 2.88 bits per heavy atom. The van der Waals surface area contributed by atoms with E-state index in [-0.39, 0.29) is 6.61 Å². The molecule has 0 aliphatic rings. The summed E-state index contributed by atoms with van der Waals surface area (Å²) < 4.78 is 6.83. The van der Waals surface area contributed by atoms with Gasteiger partial charge in [-0.3, -0.25) is 0 Å². The Bertz CT molecular complexity index is 896. The molecule has 0 aliphatic heterocycles. The summed E-state index contributed by atoms with van der Waals surface area (Å²) in [7, 11) is 0. The third-order valence-corrected chi connectivity index (χ3v) is 3.65. The first-order valence-corrected chi connectivity index (χ1v) is 7.59. The second kappa shape index (κ2) is 6.92. The Hall–Kier alpha value is -3.20. The molecule has 0 saturated carbocycles. The number of carbonyl (C=O) groups is 1. The molecule has 0 fully saturated rings. The van der Waals surface area contributed by atoms with Gasteiger partial charge in [-0.25, -0.2) is 14.3 Å². The van der Waals surface area contributed by atoms with Gasteiger partial charge in [0.1, 0.15) is 12.2 Å². The van der Waals surface area contributed by atoms with Gasteiger partial charge in [0.2, 0.25) is 0 Å². The van der Waals surface area contributed by atoms with Gasteiger partial charge in [-0.05, 0) is 25.0 Å². The number of esters is 1. The molecule has 6 heteroatoms. The number of aryl methyl sites for hydroxylation is 1. The third-order valence-electron chi connectivity index (χ3n) is 3.65. The van der Waals surface area contributed by atoms with Gasteiger partial charge in [0, 0.05) is 11.9 Å². The highest BCUT2D eigenvalue weighted by Crippen LogP contribution is 2.13. The number of nitriles is 1. The molecular formula is C18H16N4O2. The molecule has 0 saturated heterocycles. The fourth-order valence-electron chi connectivity index (χ4n) is 2.40. The fourth-order valence-corrected chi connectivity index (χ4v) is 2.40. The van der Waals surface area contributed by atoms with E-state index < -0.39 is 11.9 Å². The molecule has 6 nitrogen and oxygen atoms in total. The average Bonchev–Trinajstić information content (AvgIpc) is 3.02. The number of fused-ring (bicyclic) bond motifs is 1. The molecule has 2 aromatic heterocycles. The minimum atomic E-state index is -0.517. The molecule has 0 amide bonds. The van der Waals surface area contributed by atoms with Crippen molar-refractivity contribution in [3.05, 3.63) is 65.6 Å². The van der Waals surface area contributed by atoms with Crippen LogP contribution in [0.5, 0.6) is 0 Å². The maximum atomic E-state index is 12.3. The second-order valence-corrected chi connectivity index (χ2v) is 5.51. The molecule has 0 spiro atoms. The summed E-state index contributed by atoms with van der Waals surface area (Å²) in [5, 5.41) is 13.4. The summed E-state index contributed by atoms with van der Waals surface area (Å²) >= 11 is 0. The van der Waals surface area contributed by atoms with Gasteiger partial charge in [-0.15, -0.1) is 0 Å². The number of nitrogens with zero attached hydrogens (tertiary/aromatic N) is 4. The zero-order chi connectivity index (χ0) is 16.9. The van der Waals surface area contributed by atoms with Gasteiger partial charge in [0.25, 0.3) is 0 Å².